The molecule has 4 aromatic rings. The van der Waals surface area contributed by atoms with Gasteiger partial charge in [0.2, 0.25) is 5.69 Å². The molecular weight excluding hydrogens is 1120 g/mol. The topological polar surface area (TPSA) is 365 Å². The summed E-state index contributed by atoms with van der Waals surface area (Å²) in [4.78, 5) is 39.3. The van der Waals surface area contributed by atoms with Crippen LogP contribution in [0.3, 0.4) is 0 Å². The number of allylic oxidation sites excluding steroid dienone is 8. The number of carbonyl (C=O) groups is 3. The molecule has 7 rings (SSSR count). The molecule has 0 aliphatic carbocycles. The first kappa shape index (κ1) is 59.6. The van der Waals surface area contributed by atoms with Crippen molar-refractivity contribution in [2.24, 2.45) is 0 Å². The minimum Gasteiger partial charge on any atom is -0.748 e. The van der Waals surface area contributed by atoms with Crippen LogP contribution in [0, 0.1) is 0 Å². The van der Waals surface area contributed by atoms with E-state index >= 15 is 0 Å². The second-order valence-corrected chi connectivity index (χ2v) is 26.3. The molecule has 420 valence electrons. The van der Waals surface area contributed by atoms with Crippen molar-refractivity contribution in [3.05, 3.63) is 108 Å². The average molecular weight is 1170 g/mol. The summed E-state index contributed by atoms with van der Waals surface area (Å²) in [5, 5.41) is 0.0635. The Hall–Kier alpha value is -6.05. The van der Waals surface area contributed by atoms with Crippen LogP contribution in [0.15, 0.2) is 116 Å². The first-order valence-electron chi connectivity index (χ1n) is 23.9. The summed E-state index contributed by atoms with van der Waals surface area (Å²) in [6.07, 6.45) is 12.1. The lowest BCUT2D eigenvalue weighted by Gasteiger charge is -2.31. The van der Waals surface area contributed by atoms with Crippen LogP contribution in [-0.2, 0) is 85.4 Å². The highest BCUT2D eigenvalue weighted by molar-refractivity contribution is 7.87. The van der Waals surface area contributed by atoms with Gasteiger partial charge in [0.1, 0.15) is 47.0 Å². The number of hydrogen-bond acceptors (Lipinski definition) is 21. The monoisotopic (exact) mass is 1170 g/mol. The molecule has 78 heavy (non-hydrogen) atoms. The van der Waals surface area contributed by atoms with Crippen LogP contribution < -0.4 is 4.90 Å². The third-order valence-corrected chi connectivity index (χ3v) is 17.9. The fraction of sp³-hybridized carbons (Fsp3) is 0.360. The van der Waals surface area contributed by atoms with Crippen LogP contribution in [0.2, 0.25) is 0 Å². The van der Waals surface area contributed by atoms with Gasteiger partial charge >= 0.3 is 5.97 Å². The number of carbonyl (C=O) groups excluding carboxylic acids is 3. The van der Waals surface area contributed by atoms with Gasteiger partial charge in [-0.25, -0.2) is 46.9 Å². The average Bonchev–Trinajstić information content (AvgIpc) is 4.02. The summed E-state index contributed by atoms with van der Waals surface area (Å²) >= 11 is 0. The van der Waals surface area contributed by atoms with Gasteiger partial charge in [0, 0.05) is 85.0 Å². The van der Waals surface area contributed by atoms with E-state index in [-0.39, 0.29) is 85.3 Å². The van der Waals surface area contributed by atoms with Crippen molar-refractivity contribution in [1.29, 1.82) is 0 Å². The maximum atomic E-state index is 12.5. The molecule has 2 amide bonds. The Labute approximate surface area is 450 Å². The van der Waals surface area contributed by atoms with E-state index in [1.807, 2.05) is 4.58 Å². The molecule has 23 nitrogen and oxygen atoms in total. The fourth-order valence-corrected chi connectivity index (χ4v) is 13.5. The van der Waals surface area contributed by atoms with Gasteiger partial charge in [-0.15, -0.1) is 5.06 Å². The van der Waals surface area contributed by atoms with Gasteiger partial charge in [-0.2, -0.15) is 4.58 Å². The highest BCUT2D eigenvalue weighted by Gasteiger charge is 2.47. The zero-order chi connectivity index (χ0) is 57.6. The molecule has 1 saturated heterocycles. The van der Waals surface area contributed by atoms with Crippen LogP contribution in [-0.4, -0.2) is 131 Å². The number of fused-ring (bicyclic) bond motifs is 6. The molecule has 3 aliphatic heterocycles. The first-order chi connectivity index (χ1) is 36.2. The first-order valence-corrected chi connectivity index (χ1v) is 31.1. The van der Waals surface area contributed by atoms with Crippen LogP contribution in [0.1, 0.15) is 83.3 Å². The summed E-state index contributed by atoms with van der Waals surface area (Å²) in [6, 6.07) is 8.69. The molecule has 0 aromatic heterocycles. The maximum Gasteiger partial charge on any atom is 0.333 e. The predicted molar refractivity (Wildman–Crippen MR) is 274 cm³/mol. The van der Waals surface area contributed by atoms with Gasteiger partial charge in [0.05, 0.1) is 41.7 Å². The number of unbranched alkanes of at least 4 members (excludes halogenated alkanes) is 2. The Morgan fingerprint density at radius 2 is 1.22 bits per heavy atom. The van der Waals surface area contributed by atoms with E-state index in [9.17, 15) is 79.2 Å². The number of benzene rings is 4. The minimum absolute atomic E-state index is 0.0209. The Morgan fingerprint density at radius 3 is 1.77 bits per heavy atom. The summed E-state index contributed by atoms with van der Waals surface area (Å²) in [5.41, 5.74) is 0.132. The third kappa shape index (κ3) is 12.5. The number of methoxy groups -OCH3 is 1. The predicted octanol–water partition coefficient (Wildman–Crippen LogP) is 4.46. The number of anilines is 1. The van der Waals surface area contributed by atoms with E-state index in [2.05, 4.69) is 0 Å². The fourth-order valence-electron chi connectivity index (χ4n) is 10.4. The summed E-state index contributed by atoms with van der Waals surface area (Å²) < 4.78 is 192. The quantitative estimate of drug-likeness (QED) is 0.0345. The lowest BCUT2D eigenvalue weighted by molar-refractivity contribution is -0.438. The summed E-state index contributed by atoms with van der Waals surface area (Å²) in [6.45, 7) is 5.69. The lowest BCUT2D eigenvalue weighted by atomic mass is 9.75. The maximum absolute atomic E-state index is 12.5. The SMILES string of the molecule is COCCN1C(=CC=CC=CC=CC2=[N+](CCCCCC(=O)ON3C(=O)CCC3=O)c3ccc4c(S(=O)(=O)[O-])cc(S(=O)(=O)[O-])cc4c3C2(C)C)C(C)(CCCS(=O)(=O)[O-])c2c1ccc1c(S(=O)(=O)[O-])cc(S(=O)(=O)[O-])cc21. The second-order valence-electron chi connectivity index (χ2n) is 19.3. The molecule has 28 heteroatoms. The lowest BCUT2D eigenvalue weighted by Crippen LogP contribution is -2.31. The van der Waals surface area contributed by atoms with E-state index < -0.39 is 105 Å². The van der Waals surface area contributed by atoms with Crippen molar-refractivity contribution < 1.29 is 93.4 Å². The van der Waals surface area contributed by atoms with Crippen molar-refractivity contribution in [3.63, 3.8) is 0 Å². The van der Waals surface area contributed by atoms with Crippen LogP contribution in [0.5, 0.6) is 0 Å². The second kappa shape index (κ2) is 22.2. The van der Waals surface area contributed by atoms with E-state index in [0.717, 1.165) is 12.1 Å². The summed E-state index contributed by atoms with van der Waals surface area (Å²) in [5.74, 6) is -2.83. The number of ether oxygens (including phenoxy) is 1. The minimum atomic E-state index is -5.38. The van der Waals surface area contributed by atoms with E-state index in [0.29, 0.717) is 58.4 Å². The molecule has 1 unspecified atom stereocenters. The number of hydrogen-bond donors (Lipinski definition) is 0. The molecule has 0 N–H and O–H groups in total. The van der Waals surface area contributed by atoms with E-state index in [1.54, 1.807) is 74.3 Å². The third-order valence-electron chi connectivity index (χ3n) is 13.8. The van der Waals surface area contributed by atoms with Crippen LogP contribution in [0.25, 0.3) is 21.5 Å². The van der Waals surface area contributed by atoms with Crippen molar-refractivity contribution >= 4 is 107 Å². The van der Waals surface area contributed by atoms with Crippen molar-refractivity contribution in [1.82, 2.24) is 5.06 Å². The zero-order valence-corrected chi connectivity index (χ0v) is 46.3. The number of rotatable bonds is 22. The van der Waals surface area contributed by atoms with Gasteiger partial charge in [-0.05, 0) is 111 Å². The number of amides is 2. The van der Waals surface area contributed by atoms with Gasteiger partial charge in [-0.1, -0.05) is 36.4 Å². The number of imide groups is 1. The van der Waals surface area contributed by atoms with E-state index in [1.165, 1.54) is 25.3 Å². The van der Waals surface area contributed by atoms with Crippen LogP contribution >= 0.6 is 0 Å². The van der Waals surface area contributed by atoms with Crippen molar-refractivity contribution in [2.75, 3.05) is 37.5 Å². The number of hydroxylamine groups is 2. The molecule has 0 saturated carbocycles. The molecule has 1 fully saturated rings. The normalized spacial score (nSPS) is 18.8. The smallest absolute Gasteiger partial charge is 0.333 e. The molecule has 0 radical (unpaired) electrons. The molecular formula is C50H51N3O20S5-4. The highest BCUT2D eigenvalue weighted by Crippen LogP contribution is 2.54. The molecule has 0 bridgehead atoms. The standard InChI is InChI=1S/C50H55N3O20S5/c1-49(2)42(51(24-12-8-11-16-46(56)73-53-44(54)21-22-45(53)55)38-19-17-34-36(47(38)49)28-32(75(60,61)62)30-40(34)77(66,67)68)14-9-6-5-7-10-15-43-50(3,23-13-27-74(57,58)59)48-37-29-33(76(63,64)65)31-41(78(69,70)71)35(37)18-20-39(48)52(43)25-26-72-4/h5-7,9-10,14-15,17-20,28-31H,8,11-13,16,21-27H2,1-4H3,(H4-,57,58,59,60,61,62,63,64,65,66,67,68,69,70,71)/p-4. The Kier molecular flexibility index (Phi) is 17.0. The zero-order valence-electron chi connectivity index (χ0n) is 42.2. The Balaban J connectivity index is 1.26. The highest BCUT2D eigenvalue weighted by atomic mass is 32.2. The Bertz CT molecular complexity index is 3900. The molecule has 3 aliphatic rings. The van der Waals surface area contributed by atoms with Crippen molar-refractivity contribution in [2.45, 2.75) is 103 Å². The largest absolute Gasteiger partial charge is 0.748 e. The van der Waals surface area contributed by atoms with Gasteiger partial charge in [-0.3, -0.25) is 9.59 Å². The molecule has 3 heterocycles. The van der Waals surface area contributed by atoms with Gasteiger partial charge < -0.3 is 37.2 Å². The molecule has 0 spiro atoms. The summed E-state index contributed by atoms with van der Waals surface area (Å²) in [7, 11) is -24.6. The Morgan fingerprint density at radius 1 is 0.667 bits per heavy atom. The van der Waals surface area contributed by atoms with Gasteiger partial charge in [0.15, 0.2) is 5.71 Å². The molecule has 4 aromatic carbocycles. The van der Waals surface area contributed by atoms with E-state index in [4.69, 9.17) is 9.57 Å². The molecule has 1 atom stereocenters. The van der Waals surface area contributed by atoms with Crippen LogP contribution in [0.4, 0.5) is 11.4 Å². The van der Waals surface area contributed by atoms with Crippen molar-refractivity contribution in [3.8, 4) is 0 Å². The number of nitrogens with zero attached hydrogens (tertiary/aromatic N) is 3. The van der Waals surface area contributed by atoms with Gasteiger partial charge in [0.25, 0.3) is 11.8 Å².